The topological polar surface area (TPSA) is 69.8 Å². The van der Waals surface area contributed by atoms with Crippen LogP contribution in [0.15, 0.2) is 6.20 Å². The van der Waals surface area contributed by atoms with Gasteiger partial charge in [0.05, 0.1) is 12.2 Å². The predicted molar refractivity (Wildman–Crippen MR) is 60.8 cm³/mol. The van der Waals surface area contributed by atoms with Crippen LogP contribution in [-0.4, -0.2) is 28.7 Å². The number of nitrogens with zero attached hydrogens (tertiary/aromatic N) is 1. The maximum Gasteiger partial charge on any atom is 0.237 e. The molecule has 0 aromatic carbocycles. The number of hydrogen-bond acceptors (Lipinski definition) is 3. The average molecular weight is 222 g/mol. The Morgan fingerprint density at radius 2 is 2.44 bits per heavy atom. The summed E-state index contributed by atoms with van der Waals surface area (Å²) in [5, 5.41) is 13.0. The molecule has 88 valence electrons. The van der Waals surface area contributed by atoms with E-state index in [-0.39, 0.29) is 11.9 Å². The van der Waals surface area contributed by atoms with E-state index in [4.69, 9.17) is 0 Å². The molecule has 1 saturated heterocycles. The molecule has 0 aliphatic carbocycles. The number of H-pyrrole nitrogens is 1. The second kappa shape index (κ2) is 5.12. The van der Waals surface area contributed by atoms with Crippen molar-refractivity contribution < 1.29 is 4.79 Å². The van der Waals surface area contributed by atoms with Crippen molar-refractivity contribution in [3.63, 3.8) is 0 Å². The molecule has 2 heterocycles. The van der Waals surface area contributed by atoms with E-state index in [2.05, 4.69) is 20.8 Å². The number of hydrogen-bond donors (Lipinski definition) is 3. The van der Waals surface area contributed by atoms with Gasteiger partial charge in [0.25, 0.3) is 0 Å². The molecule has 1 unspecified atom stereocenters. The first-order valence-electron chi connectivity index (χ1n) is 5.77. The van der Waals surface area contributed by atoms with Gasteiger partial charge in [0.2, 0.25) is 5.91 Å². The lowest BCUT2D eigenvalue weighted by Crippen LogP contribution is -2.42. The van der Waals surface area contributed by atoms with Gasteiger partial charge in [0.1, 0.15) is 0 Å². The van der Waals surface area contributed by atoms with Crippen LogP contribution in [0.1, 0.15) is 30.5 Å². The summed E-state index contributed by atoms with van der Waals surface area (Å²) in [5.41, 5.74) is 2.18. The lowest BCUT2D eigenvalue weighted by molar-refractivity contribution is -0.122. The monoisotopic (exact) mass is 222 g/mol. The van der Waals surface area contributed by atoms with Gasteiger partial charge in [-0.3, -0.25) is 9.89 Å². The molecule has 16 heavy (non-hydrogen) atoms. The zero-order chi connectivity index (χ0) is 11.4. The molecule has 3 N–H and O–H groups in total. The Hall–Kier alpha value is -1.36. The Bertz CT molecular complexity index is 361. The standard InChI is InChI=1S/C11H18N4O/c1-8-9(7-14-15-8)6-13-10-4-2-3-5-12-11(10)16/h7,10,13H,2-6H2,1H3,(H,12,16)(H,14,15). The highest BCUT2D eigenvalue weighted by atomic mass is 16.2. The van der Waals surface area contributed by atoms with Crippen LogP contribution in [0.3, 0.4) is 0 Å². The van der Waals surface area contributed by atoms with Crippen molar-refractivity contribution in [1.82, 2.24) is 20.8 Å². The fourth-order valence-corrected chi connectivity index (χ4v) is 1.92. The Kier molecular flexibility index (Phi) is 3.56. The van der Waals surface area contributed by atoms with Gasteiger partial charge < -0.3 is 10.6 Å². The molecule has 5 nitrogen and oxygen atoms in total. The third-order valence-electron chi connectivity index (χ3n) is 3.01. The highest BCUT2D eigenvalue weighted by Gasteiger charge is 2.19. The van der Waals surface area contributed by atoms with Crippen molar-refractivity contribution in [2.75, 3.05) is 6.54 Å². The molecular formula is C11H18N4O. The number of rotatable bonds is 3. The van der Waals surface area contributed by atoms with Crippen molar-refractivity contribution in [2.24, 2.45) is 0 Å². The number of amides is 1. The molecule has 1 aromatic rings. The highest BCUT2D eigenvalue weighted by molar-refractivity contribution is 5.81. The maximum atomic E-state index is 11.7. The van der Waals surface area contributed by atoms with Gasteiger partial charge in [-0.1, -0.05) is 0 Å². The average Bonchev–Trinajstić information content (AvgIpc) is 2.56. The van der Waals surface area contributed by atoms with Crippen LogP contribution < -0.4 is 10.6 Å². The molecule has 1 atom stereocenters. The molecule has 0 bridgehead atoms. The van der Waals surface area contributed by atoms with Gasteiger partial charge in [0, 0.05) is 24.3 Å². The quantitative estimate of drug-likeness (QED) is 0.696. The summed E-state index contributed by atoms with van der Waals surface area (Å²) in [6, 6.07) is -0.0585. The van der Waals surface area contributed by atoms with Gasteiger partial charge in [-0.25, -0.2) is 0 Å². The van der Waals surface area contributed by atoms with Gasteiger partial charge in [-0.15, -0.1) is 0 Å². The molecule has 0 radical (unpaired) electrons. The second-order valence-electron chi connectivity index (χ2n) is 4.24. The van der Waals surface area contributed by atoms with Gasteiger partial charge >= 0.3 is 0 Å². The lowest BCUT2D eigenvalue weighted by Gasteiger charge is -2.14. The molecular weight excluding hydrogens is 204 g/mol. The Morgan fingerprint density at radius 3 is 3.19 bits per heavy atom. The first-order chi connectivity index (χ1) is 7.77. The fourth-order valence-electron chi connectivity index (χ4n) is 1.92. The first-order valence-corrected chi connectivity index (χ1v) is 5.77. The van der Waals surface area contributed by atoms with E-state index < -0.39 is 0 Å². The Labute approximate surface area is 95.0 Å². The van der Waals surface area contributed by atoms with Crippen LogP contribution in [0.4, 0.5) is 0 Å². The third-order valence-corrected chi connectivity index (χ3v) is 3.01. The minimum Gasteiger partial charge on any atom is -0.355 e. The van der Waals surface area contributed by atoms with E-state index in [9.17, 15) is 4.79 Å². The van der Waals surface area contributed by atoms with E-state index >= 15 is 0 Å². The van der Waals surface area contributed by atoms with Crippen LogP contribution in [0.2, 0.25) is 0 Å². The van der Waals surface area contributed by atoms with Crippen LogP contribution in [0.25, 0.3) is 0 Å². The number of carbonyl (C=O) groups excluding carboxylic acids is 1. The molecule has 2 rings (SSSR count). The molecule has 1 aliphatic rings. The van der Waals surface area contributed by atoms with E-state index in [0.29, 0.717) is 6.54 Å². The van der Waals surface area contributed by atoms with E-state index in [0.717, 1.165) is 37.1 Å². The van der Waals surface area contributed by atoms with Gasteiger partial charge in [-0.05, 0) is 26.2 Å². The molecule has 1 amide bonds. The van der Waals surface area contributed by atoms with Crippen LogP contribution in [0, 0.1) is 6.92 Å². The number of aromatic nitrogens is 2. The highest BCUT2D eigenvalue weighted by Crippen LogP contribution is 2.07. The summed E-state index contributed by atoms with van der Waals surface area (Å²) in [7, 11) is 0. The fraction of sp³-hybridized carbons (Fsp3) is 0.636. The second-order valence-corrected chi connectivity index (χ2v) is 4.24. The third kappa shape index (κ3) is 2.61. The summed E-state index contributed by atoms with van der Waals surface area (Å²) >= 11 is 0. The molecule has 1 aromatic heterocycles. The molecule has 1 fully saturated rings. The van der Waals surface area contributed by atoms with Crippen molar-refractivity contribution in [3.8, 4) is 0 Å². The van der Waals surface area contributed by atoms with Crippen molar-refractivity contribution >= 4 is 5.91 Å². The van der Waals surface area contributed by atoms with Crippen molar-refractivity contribution in [3.05, 3.63) is 17.5 Å². The molecule has 5 heteroatoms. The summed E-state index contributed by atoms with van der Waals surface area (Å²) in [5.74, 6) is 0.124. The minimum atomic E-state index is -0.0585. The largest absolute Gasteiger partial charge is 0.355 e. The molecule has 0 saturated carbocycles. The Balaban J connectivity index is 1.89. The number of aromatic amines is 1. The summed E-state index contributed by atoms with van der Waals surface area (Å²) in [6.45, 7) is 3.49. The van der Waals surface area contributed by atoms with Crippen LogP contribution >= 0.6 is 0 Å². The van der Waals surface area contributed by atoms with E-state index in [1.807, 2.05) is 6.92 Å². The minimum absolute atomic E-state index is 0.0585. The van der Waals surface area contributed by atoms with Gasteiger partial charge in [0.15, 0.2) is 0 Å². The Morgan fingerprint density at radius 1 is 1.56 bits per heavy atom. The number of nitrogens with one attached hydrogen (secondary N) is 3. The van der Waals surface area contributed by atoms with Gasteiger partial charge in [-0.2, -0.15) is 5.10 Å². The van der Waals surface area contributed by atoms with Crippen LogP contribution in [0.5, 0.6) is 0 Å². The van der Waals surface area contributed by atoms with Crippen molar-refractivity contribution in [1.29, 1.82) is 0 Å². The lowest BCUT2D eigenvalue weighted by atomic mass is 10.1. The summed E-state index contributed by atoms with van der Waals surface area (Å²) in [6.07, 6.45) is 4.90. The smallest absolute Gasteiger partial charge is 0.237 e. The zero-order valence-electron chi connectivity index (χ0n) is 9.55. The van der Waals surface area contributed by atoms with E-state index in [1.54, 1.807) is 6.20 Å². The van der Waals surface area contributed by atoms with Crippen LogP contribution in [-0.2, 0) is 11.3 Å². The number of carbonyl (C=O) groups is 1. The maximum absolute atomic E-state index is 11.7. The zero-order valence-corrected chi connectivity index (χ0v) is 9.55. The summed E-state index contributed by atoms with van der Waals surface area (Å²) in [4.78, 5) is 11.7. The number of aryl methyl sites for hydroxylation is 1. The van der Waals surface area contributed by atoms with Crippen molar-refractivity contribution in [2.45, 2.75) is 38.8 Å². The molecule has 1 aliphatic heterocycles. The normalized spacial score (nSPS) is 21.6. The van der Waals surface area contributed by atoms with E-state index in [1.165, 1.54) is 0 Å². The predicted octanol–water partition coefficient (Wildman–Crippen LogP) is 0.476. The SMILES string of the molecule is Cc1[nH]ncc1CNC1CCCCNC1=O. The molecule has 0 spiro atoms. The summed E-state index contributed by atoms with van der Waals surface area (Å²) < 4.78 is 0. The first kappa shape index (κ1) is 11.1.